The van der Waals surface area contributed by atoms with E-state index in [0.29, 0.717) is 0 Å². The lowest BCUT2D eigenvalue weighted by molar-refractivity contribution is -0.510. The molecule has 1 aliphatic rings. The Morgan fingerprint density at radius 2 is 1.68 bits per heavy atom. The van der Waals surface area contributed by atoms with Crippen molar-refractivity contribution in [2.75, 3.05) is 31.2 Å². The van der Waals surface area contributed by atoms with Crippen molar-refractivity contribution in [3.05, 3.63) is 54.9 Å². The molecule has 4 rings (SSSR count). The van der Waals surface area contributed by atoms with Crippen molar-refractivity contribution in [1.82, 2.24) is 0 Å². The minimum Gasteiger partial charge on any atom is -0.741 e. The van der Waals surface area contributed by atoms with Crippen LogP contribution in [0.4, 0.5) is 18.9 Å². The van der Waals surface area contributed by atoms with Crippen molar-refractivity contribution in [1.29, 1.82) is 0 Å². The van der Waals surface area contributed by atoms with Crippen molar-refractivity contribution in [3.8, 4) is 0 Å². The number of hydrogen-bond acceptors (Lipinski definition) is 5. The highest BCUT2D eigenvalue weighted by Crippen LogP contribution is 2.21. The van der Waals surface area contributed by atoms with Gasteiger partial charge < -0.3 is 14.2 Å². The van der Waals surface area contributed by atoms with Gasteiger partial charge in [-0.15, -0.1) is 0 Å². The molecule has 0 unspecified atom stereocenters. The number of alkyl halides is 3. The topological polar surface area (TPSA) is 73.8 Å². The van der Waals surface area contributed by atoms with E-state index in [0.717, 1.165) is 26.3 Å². The van der Waals surface area contributed by atoms with E-state index in [-0.39, 0.29) is 0 Å². The maximum Gasteiger partial charge on any atom is 0.485 e. The summed E-state index contributed by atoms with van der Waals surface area (Å²) in [4.78, 5) is 2.38. The molecular formula is C18H17F3N2O4S. The molecule has 0 radical (unpaired) electrons. The lowest BCUT2D eigenvalue weighted by Gasteiger charge is -2.27. The second kappa shape index (κ2) is 7.90. The predicted molar refractivity (Wildman–Crippen MR) is 95.9 cm³/mol. The molecule has 28 heavy (non-hydrogen) atoms. The molecule has 1 saturated heterocycles. The molecule has 3 heterocycles. The number of nitrogens with zero attached hydrogens (tertiary/aromatic N) is 2. The van der Waals surface area contributed by atoms with Crippen LogP contribution in [-0.4, -0.2) is 44.8 Å². The number of ether oxygens (including phenoxy) is 1. The molecule has 0 saturated carbocycles. The molecule has 1 fully saturated rings. The number of halogens is 3. The maximum atomic E-state index is 10.7. The summed E-state index contributed by atoms with van der Waals surface area (Å²) in [6.07, 6.45) is 4.36. The molecular weight excluding hydrogens is 397 g/mol. The summed E-state index contributed by atoms with van der Waals surface area (Å²) in [5.41, 5.74) is -3.13. The monoisotopic (exact) mass is 414 g/mol. The maximum absolute atomic E-state index is 10.7. The largest absolute Gasteiger partial charge is 0.741 e. The van der Waals surface area contributed by atoms with Crippen LogP contribution in [0.15, 0.2) is 54.9 Å². The van der Waals surface area contributed by atoms with Crippen LogP contribution in [0.3, 0.4) is 0 Å². The second-order valence-electron chi connectivity index (χ2n) is 6.08. The van der Waals surface area contributed by atoms with E-state index in [9.17, 15) is 13.2 Å². The van der Waals surface area contributed by atoms with Crippen molar-refractivity contribution in [2.45, 2.75) is 5.51 Å². The van der Waals surface area contributed by atoms with Crippen LogP contribution in [0.25, 0.3) is 16.3 Å². The predicted octanol–water partition coefficient (Wildman–Crippen LogP) is 2.47. The number of pyridine rings is 2. The zero-order chi connectivity index (χ0) is 20.4. The Hall–Kier alpha value is -2.43. The van der Waals surface area contributed by atoms with Crippen LogP contribution in [0.5, 0.6) is 0 Å². The van der Waals surface area contributed by atoms with Gasteiger partial charge in [0, 0.05) is 25.2 Å². The molecule has 0 atom stereocenters. The summed E-state index contributed by atoms with van der Waals surface area (Å²) >= 11 is 0. The van der Waals surface area contributed by atoms with E-state index in [1.807, 2.05) is 0 Å². The highest BCUT2D eigenvalue weighted by atomic mass is 32.2. The molecule has 150 valence electrons. The van der Waals surface area contributed by atoms with Gasteiger partial charge in [-0.2, -0.15) is 17.6 Å². The minimum absolute atomic E-state index is 0.820. The third-order valence-corrected chi connectivity index (χ3v) is 4.84. The molecule has 0 N–H and O–H groups in total. The van der Waals surface area contributed by atoms with Gasteiger partial charge in [-0.1, -0.05) is 18.2 Å². The van der Waals surface area contributed by atoms with Crippen molar-refractivity contribution in [3.63, 3.8) is 0 Å². The molecule has 0 amide bonds. The van der Waals surface area contributed by atoms with E-state index in [2.05, 4.69) is 64.2 Å². The minimum atomic E-state index is -6.09. The third-order valence-electron chi connectivity index (χ3n) is 4.27. The molecule has 1 aliphatic heterocycles. The first kappa shape index (κ1) is 20.3. The fraction of sp³-hybridized carbons (Fsp3) is 0.278. The van der Waals surface area contributed by atoms with Gasteiger partial charge in [0.05, 0.1) is 18.6 Å². The molecule has 0 spiro atoms. The zero-order valence-electron chi connectivity index (χ0n) is 14.6. The highest BCUT2D eigenvalue weighted by Gasteiger charge is 2.36. The van der Waals surface area contributed by atoms with E-state index in [4.69, 9.17) is 17.7 Å². The standard InChI is InChI=1S/C17H17N2O.CHF3O3S/c1-2-4-16-14(3-1)7-8-19-13-15(5-6-17(16)19)18-9-11-20-12-10-18;2-1(3,4)8(5,6)7/h1-8,13H,9-12H2;(H,5,6,7)/q+1;/p-1. The number of fused-ring (bicyclic) bond motifs is 3. The fourth-order valence-corrected chi connectivity index (χ4v) is 2.90. The van der Waals surface area contributed by atoms with Gasteiger partial charge in [0.15, 0.2) is 22.5 Å². The first-order chi connectivity index (χ1) is 13.2. The Morgan fingerprint density at radius 3 is 2.32 bits per heavy atom. The van der Waals surface area contributed by atoms with Crippen molar-refractivity contribution in [2.24, 2.45) is 0 Å². The number of hydrogen-bond donors (Lipinski definition) is 0. The Labute approximate surface area is 159 Å². The number of morpholine rings is 1. The SMILES string of the molecule is O=S(=O)([O-])C(F)(F)F.c1ccc2c(c1)cc[n+]1cc(N3CCOCC3)ccc21. The average Bonchev–Trinajstić information content (AvgIpc) is 2.67. The van der Waals surface area contributed by atoms with Crippen molar-refractivity contribution >= 4 is 32.1 Å². The lowest BCUT2D eigenvalue weighted by atomic mass is 10.1. The molecule has 0 bridgehead atoms. The molecule has 6 nitrogen and oxygen atoms in total. The van der Waals surface area contributed by atoms with Crippen LogP contribution < -0.4 is 9.30 Å². The van der Waals surface area contributed by atoms with Gasteiger partial charge in [-0.25, -0.2) is 8.42 Å². The van der Waals surface area contributed by atoms with Gasteiger partial charge >= 0.3 is 5.51 Å². The Kier molecular flexibility index (Phi) is 5.73. The first-order valence-corrected chi connectivity index (χ1v) is 9.75. The average molecular weight is 414 g/mol. The lowest BCUT2D eigenvalue weighted by Crippen LogP contribution is -2.37. The number of anilines is 1. The van der Waals surface area contributed by atoms with Crippen LogP contribution in [0, 0.1) is 0 Å². The summed E-state index contributed by atoms with van der Waals surface area (Å²) < 4.78 is 66.5. The fourth-order valence-electron chi connectivity index (χ4n) is 2.90. The Morgan fingerprint density at radius 1 is 1.04 bits per heavy atom. The summed E-state index contributed by atoms with van der Waals surface area (Å²) in [6.45, 7) is 3.58. The number of rotatable bonds is 1. The van der Waals surface area contributed by atoms with Crippen LogP contribution in [0.1, 0.15) is 0 Å². The summed E-state index contributed by atoms with van der Waals surface area (Å²) in [5, 5.41) is 2.58. The normalized spacial score (nSPS) is 15.4. The summed E-state index contributed by atoms with van der Waals surface area (Å²) in [7, 11) is -6.09. The first-order valence-electron chi connectivity index (χ1n) is 8.34. The second-order valence-corrected chi connectivity index (χ2v) is 7.45. The molecule has 2 aromatic heterocycles. The van der Waals surface area contributed by atoms with E-state index in [1.54, 1.807) is 0 Å². The van der Waals surface area contributed by atoms with Gasteiger partial charge in [-0.3, -0.25) is 0 Å². The van der Waals surface area contributed by atoms with Crippen LogP contribution in [0.2, 0.25) is 0 Å². The van der Waals surface area contributed by atoms with Crippen LogP contribution >= 0.6 is 0 Å². The van der Waals surface area contributed by atoms with E-state index < -0.39 is 15.6 Å². The third kappa shape index (κ3) is 4.51. The molecule has 10 heteroatoms. The Bertz CT molecular complexity index is 1080. The van der Waals surface area contributed by atoms with E-state index in [1.165, 1.54) is 22.0 Å². The van der Waals surface area contributed by atoms with Gasteiger partial charge in [0.25, 0.3) is 0 Å². The quantitative estimate of drug-likeness (QED) is 0.265. The smallest absolute Gasteiger partial charge is 0.485 e. The van der Waals surface area contributed by atoms with E-state index >= 15 is 0 Å². The zero-order valence-corrected chi connectivity index (χ0v) is 15.4. The molecule has 1 aromatic carbocycles. The van der Waals surface area contributed by atoms with Crippen molar-refractivity contribution < 1.29 is 35.3 Å². The number of benzene rings is 1. The Balaban J connectivity index is 0.000000242. The summed E-state index contributed by atoms with van der Waals surface area (Å²) in [6, 6.07) is 15.1. The van der Waals surface area contributed by atoms with Gasteiger partial charge in [0.1, 0.15) is 5.69 Å². The van der Waals surface area contributed by atoms with Gasteiger partial charge in [-0.05, 0) is 17.5 Å². The molecule has 0 aliphatic carbocycles. The van der Waals surface area contributed by atoms with Crippen LogP contribution in [-0.2, 0) is 14.9 Å². The number of aromatic nitrogens is 1. The highest BCUT2D eigenvalue weighted by molar-refractivity contribution is 7.86. The summed E-state index contributed by atoms with van der Waals surface area (Å²) in [5.74, 6) is 0. The van der Waals surface area contributed by atoms with Gasteiger partial charge in [0.2, 0.25) is 5.52 Å². The molecule has 3 aromatic rings.